The van der Waals surface area contributed by atoms with E-state index in [1.165, 1.54) is 6.42 Å². The van der Waals surface area contributed by atoms with Gasteiger partial charge in [-0.3, -0.25) is 9.78 Å². The molecule has 0 aliphatic heterocycles. The normalized spacial score (nSPS) is 9.75. The molecule has 1 aromatic rings. The molecular formula is C10H13NO. The summed E-state index contributed by atoms with van der Waals surface area (Å²) in [5.41, 5.74) is 1.82. The molecule has 0 aliphatic carbocycles. The maximum Gasteiger partial charge on any atom is 0.151 e. The van der Waals surface area contributed by atoms with Crippen molar-refractivity contribution in [1.82, 2.24) is 4.98 Å². The van der Waals surface area contributed by atoms with E-state index in [-0.39, 0.29) is 0 Å². The Balaban J connectivity index is 2.66. The molecule has 1 rings (SSSR count). The fourth-order valence-corrected chi connectivity index (χ4v) is 1.09. The van der Waals surface area contributed by atoms with Crippen LogP contribution in [0.4, 0.5) is 0 Å². The molecule has 1 aromatic heterocycles. The number of aldehydes is 1. The number of aryl methyl sites for hydroxylation is 1. The molecule has 2 nitrogen and oxygen atoms in total. The lowest BCUT2D eigenvalue weighted by molar-refractivity contribution is 0.112. The summed E-state index contributed by atoms with van der Waals surface area (Å²) < 4.78 is 0. The van der Waals surface area contributed by atoms with Crippen molar-refractivity contribution in [2.45, 2.75) is 26.2 Å². The molecule has 1 heterocycles. The van der Waals surface area contributed by atoms with Crippen LogP contribution >= 0.6 is 0 Å². The van der Waals surface area contributed by atoms with Gasteiger partial charge in [0, 0.05) is 18.0 Å². The zero-order valence-corrected chi connectivity index (χ0v) is 7.29. The van der Waals surface area contributed by atoms with E-state index in [0.717, 1.165) is 24.7 Å². The van der Waals surface area contributed by atoms with Crippen molar-refractivity contribution < 1.29 is 4.79 Å². The summed E-state index contributed by atoms with van der Waals surface area (Å²) in [6.07, 6.45) is 7.59. The first-order chi connectivity index (χ1) is 5.86. The van der Waals surface area contributed by atoms with Gasteiger partial charge in [0.25, 0.3) is 0 Å². The maximum atomic E-state index is 10.4. The summed E-state index contributed by atoms with van der Waals surface area (Å²) in [6.45, 7) is 2.15. The van der Waals surface area contributed by atoms with Crippen LogP contribution in [0.25, 0.3) is 0 Å². The van der Waals surface area contributed by atoms with Gasteiger partial charge < -0.3 is 0 Å². The molecule has 0 N–H and O–H groups in total. The molecule has 0 radical (unpaired) electrons. The smallest absolute Gasteiger partial charge is 0.151 e. The molecule has 0 saturated carbocycles. The molecule has 0 amide bonds. The summed E-state index contributed by atoms with van der Waals surface area (Å²) in [6, 6.07) is 1.90. The van der Waals surface area contributed by atoms with Gasteiger partial charge in [-0.25, -0.2) is 0 Å². The fraction of sp³-hybridized carbons (Fsp3) is 0.400. The Hall–Kier alpha value is -1.18. The predicted octanol–water partition coefficient (Wildman–Crippen LogP) is 2.24. The van der Waals surface area contributed by atoms with Gasteiger partial charge in [0.05, 0.1) is 0 Å². The monoisotopic (exact) mass is 163 g/mol. The van der Waals surface area contributed by atoms with E-state index in [4.69, 9.17) is 0 Å². The number of unbranched alkanes of at least 4 members (excludes halogenated alkanes) is 1. The number of hydrogen-bond acceptors (Lipinski definition) is 2. The topological polar surface area (TPSA) is 30.0 Å². The van der Waals surface area contributed by atoms with Gasteiger partial charge in [0.2, 0.25) is 0 Å². The van der Waals surface area contributed by atoms with Crippen molar-refractivity contribution in [3.05, 3.63) is 29.6 Å². The summed E-state index contributed by atoms with van der Waals surface area (Å²) in [5.74, 6) is 0. The number of aromatic nitrogens is 1. The van der Waals surface area contributed by atoms with Crippen molar-refractivity contribution in [2.75, 3.05) is 0 Å². The van der Waals surface area contributed by atoms with E-state index in [2.05, 4.69) is 11.9 Å². The number of nitrogens with zero attached hydrogens (tertiary/aromatic N) is 1. The third kappa shape index (κ3) is 2.46. The number of carbonyl (C=O) groups excluding carboxylic acids is 1. The Morgan fingerprint density at radius 2 is 2.33 bits per heavy atom. The Labute approximate surface area is 72.6 Å². The maximum absolute atomic E-state index is 10.4. The quantitative estimate of drug-likeness (QED) is 0.637. The van der Waals surface area contributed by atoms with Crippen molar-refractivity contribution in [1.29, 1.82) is 0 Å². The van der Waals surface area contributed by atoms with Crippen LogP contribution in [-0.2, 0) is 6.42 Å². The van der Waals surface area contributed by atoms with Gasteiger partial charge in [-0.2, -0.15) is 0 Å². The second kappa shape index (κ2) is 4.65. The molecule has 64 valence electrons. The average molecular weight is 163 g/mol. The molecule has 0 spiro atoms. The lowest BCUT2D eigenvalue weighted by atomic mass is 10.1. The molecule has 0 aromatic carbocycles. The number of hydrogen-bond donors (Lipinski definition) is 0. The Morgan fingerprint density at radius 1 is 1.50 bits per heavy atom. The van der Waals surface area contributed by atoms with Crippen molar-refractivity contribution in [2.24, 2.45) is 0 Å². The van der Waals surface area contributed by atoms with E-state index >= 15 is 0 Å². The summed E-state index contributed by atoms with van der Waals surface area (Å²) >= 11 is 0. The van der Waals surface area contributed by atoms with Crippen molar-refractivity contribution >= 4 is 6.29 Å². The molecular weight excluding hydrogens is 150 g/mol. The van der Waals surface area contributed by atoms with E-state index < -0.39 is 0 Å². The van der Waals surface area contributed by atoms with Crippen molar-refractivity contribution in [3.63, 3.8) is 0 Å². The van der Waals surface area contributed by atoms with Crippen LogP contribution in [0.5, 0.6) is 0 Å². The highest BCUT2D eigenvalue weighted by molar-refractivity contribution is 5.74. The number of carbonyl (C=O) groups is 1. The first-order valence-corrected chi connectivity index (χ1v) is 4.26. The highest BCUT2D eigenvalue weighted by Gasteiger charge is 1.94. The molecule has 0 saturated heterocycles. The molecule has 0 unspecified atom stereocenters. The van der Waals surface area contributed by atoms with Crippen molar-refractivity contribution in [3.8, 4) is 0 Å². The minimum atomic E-state index is 0.670. The lowest BCUT2D eigenvalue weighted by Crippen LogP contribution is -1.89. The Bertz CT molecular complexity index is 258. The molecule has 2 heteroatoms. The molecule has 0 fully saturated rings. The summed E-state index contributed by atoms with van der Waals surface area (Å²) in [4.78, 5) is 14.4. The van der Waals surface area contributed by atoms with E-state index in [0.29, 0.717) is 5.56 Å². The van der Waals surface area contributed by atoms with Gasteiger partial charge in [-0.15, -0.1) is 0 Å². The van der Waals surface area contributed by atoms with Crippen LogP contribution in [0.15, 0.2) is 18.5 Å². The number of pyridine rings is 1. The van der Waals surface area contributed by atoms with Gasteiger partial charge in [0.15, 0.2) is 6.29 Å². The average Bonchev–Trinajstić information content (AvgIpc) is 2.15. The van der Waals surface area contributed by atoms with Crippen LogP contribution in [-0.4, -0.2) is 11.3 Å². The van der Waals surface area contributed by atoms with E-state index in [1.54, 1.807) is 6.20 Å². The van der Waals surface area contributed by atoms with E-state index in [9.17, 15) is 4.79 Å². The van der Waals surface area contributed by atoms with Crippen LogP contribution in [0.2, 0.25) is 0 Å². The lowest BCUT2D eigenvalue weighted by Gasteiger charge is -1.98. The first kappa shape index (κ1) is 8.91. The standard InChI is InChI=1S/C10H13NO/c1-2-3-4-9-5-10(8-12)7-11-6-9/h5-8H,2-4H2,1H3. The van der Waals surface area contributed by atoms with Gasteiger partial charge >= 0.3 is 0 Å². The molecule has 12 heavy (non-hydrogen) atoms. The first-order valence-electron chi connectivity index (χ1n) is 4.26. The highest BCUT2D eigenvalue weighted by atomic mass is 16.1. The van der Waals surface area contributed by atoms with Gasteiger partial charge in [-0.05, 0) is 24.5 Å². The predicted molar refractivity (Wildman–Crippen MR) is 48.2 cm³/mol. The molecule has 0 aliphatic rings. The second-order valence-electron chi connectivity index (χ2n) is 2.85. The summed E-state index contributed by atoms with van der Waals surface area (Å²) in [5, 5.41) is 0. The van der Waals surface area contributed by atoms with Crippen LogP contribution in [0.1, 0.15) is 35.7 Å². The molecule has 0 bridgehead atoms. The zero-order valence-electron chi connectivity index (χ0n) is 7.29. The third-order valence-corrected chi connectivity index (χ3v) is 1.77. The Morgan fingerprint density at radius 3 is 3.00 bits per heavy atom. The van der Waals surface area contributed by atoms with Gasteiger partial charge in [-0.1, -0.05) is 13.3 Å². The minimum Gasteiger partial charge on any atom is -0.298 e. The number of rotatable bonds is 4. The van der Waals surface area contributed by atoms with Crippen LogP contribution in [0, 0.1) is 0 Å². The fourth-order valence-electron chi connectivity index (χ4n) is 1.09. The largest absolute Gasteiger partial charge is 0.298 e. The molecule has 0 atom stereocenters. The zero-order chi connectivity index (χ0) is 8.81. The SMILES string of the molecule is CCCCc1cncc(C=O)c1. The van der Waals surface area contributed by atoms with Gasteiger partial charge in [0.1, 0.15) is 0 Å². The second-order valence-corrected chi connectivity index (χ2v) is 2.85. The third-order valence-electron chi connectivity index (χ3n) is 1.77. The van der Waals surface area contributed by atoms with Crippen LogP contribution < -0.4 is 0 Å². The highest BCUT2D eigenvalue weighted by Crippen LogP contribution is 2.04. The summed E-state index contributed by atoms with van der Waals surface area (Å²) in [7, 11) is 0. The Kier molecular flexibility index (Phi) is 3.45. The minimum absolute atomic E-state index is 0.670. The van der Waals surface area contributed by atoms with E-state index in [1.807, 2.05) is 12.3 Å². The van der Waals surface area contributed by atoms with Crippen LogP contribution in [0.3, 0.4) is 0 Å².